The molecule has 1 heterocycles. The molecule has 2 aromatic carbocycles. The van der Waals surface area contributed by atoms with Crippen molar-refractivity contribution in [2.45, 2.75) is 52.2 Å². The van der Waals surface area contributed by atoms with Gasteiger partial charge in [-0.3, -0.25) is 13.9 Å². The van der Waals surface area contributed by atoms with Crippen LogP contribution in [0.1, 0.15) is 39.7 Å². The van der Waals surface area contributed by atoms with Crippen molar-refractivity contribution in [1.82, 2.24) is 10.2 Å². The highest BCUT2D eigenvalue weighted by atomic mass is 35.5. The minimum Gasteiger partial charge on any atom is -0.454 e. The monoisotopic (exact) mass is 571 g/mol. The van der Waals surface area contributed by atoms with Gasteiger partial charge in [-0.15, -0.1) is 0 Å². The fraction of sp³-hybridized carbons (Fsp3) is 0.440. The predicted molar refractivity (Wildman–Crippen MR) is 144 cm³/mol. The average molecular weight is 573 g/mol. The van der Waals surface area contributed by atoms with Crippen molar-refractivity contribution < 1.29 is 27.5 Å². The normalized spacial score (nSPS) is 13.7. The van der Waals surface area contributed by atoms with Gasteiger partial charge in [0.2, 0.25) is 28.6 Å². The number of sulfonamides is 1. The van der Waals surface area contributed by atoms with E-state index in [1.165, 1.54) is 17.0 Å². The number of carbonyl (C=O) groups is 2. The topological polar surface area (TPSA) is 105 Å². The zero-order chi connectivity index (χ0) is 27.5. The number of carbonyl (C=O) groups excluding carboxylic acids is 2. The number of benzene rings is 2. The SMILES string of the molecule is CC[C@H](C(=O)NC(C)(C)C)N(Cc1c(Cl)cccc1Cl)C(=O)CN(c1ccc2c(c1)OCO2)S(C)(=O)=O. The number of anilines is 1. The second-order valence-corrected chi connectivity index (χ2v) is 12.4. The summed E-state index contributed by atoms with van der Waals surface area (Å²) in [6.45, 7) is 6.64. The molecule has 1 aliphatic rings. The second-order valence-electron chi connectivity index (χ2n) is 9.69. The molecule has 2 amide bonds. The lowest BCUT2D eigenvalue weighted by Gasteiger charge is -2.34. The highest BCUT2D eigenvalue weighted by Gasteiger charge is 2.34. The molecule has 0 saturated carbocycles. The van der Waals surface area contributed by atoms with Gasteiger partial charge >= 0.3 is 0 Å². The second kappa shape index (κ2) is 11.4. The number of hydrogen-bond donors (Lipinski definition) is 1. The lowest BCUT2D eigenvalue weighted by atomic mass is 10.1. The van der Waals surface area contributed by atoms with E-state index >= 15 is 0 Å². The fourth-order valence-electron chi connectivity index (χ4n) is 3.88. The summed E-state index contributed by atoms with van der Waals surface area (Å²) in [4.78, 5) is 28.4. The number of fused-ring (bicyclic) bond motifs is 1. The smallest absolute Gasteiger partial charge is 0.244 e. The first-order chi connectivity index (χ1) is 17.2. The molecule has 0 spiro atoms. The molecule has 12 heteroatoms. The molecule has 1 aliphatic heterocycles. The summed E-state index contributed by atoms with van der Waals surface area (Å²) in [7, 11) is -3.90. The first-order valence-corrected chi connectivity index (χ1v) is 14.2. The quantitative estimate of drug-likeness (QED) is 0.483. The zero-order valence-electron chi connectivity index (χ0n) is 21.4. The third-order valence-corrected chi connectivity index (χ3v) is 7.45. The van der Waals surface area contributed by atoms with Crippen molar-refractivity contribution in [3.05, 3.63) is 52.0 Å². The van der Waals surface area contributed by atoms with Crippen molar-refractivity contribution in [2.24, 2.45) is 0 Å². The fourth-order valence-corrected chi connectivity index (χ4v) is 5.24. The summed E-state index contributed by atoms with van der Waals surface area (Å²) in [5, 5.41) is 3.56. The van der Waals surface area contributed by atoms with Gasteiger partial charge in [-0.05, 0) is 51.5 Å². The molecule has 0 unspecified atom stereocenters. The first kappa shape index (κ1) is 28.9. The van der Waals surface area contributed by atoms with E-state index < -0.39 is 34.1 Å². The van der Waals surface area contributed by atoms with Gasteiger partial charge in [-0.25, -0.2) is 8.42 Å². The van der Waals surface area contributed by atoms with Crippen molar-refractivity contribution in [2.75, 3.05) is 23.9 Å². The van der Waals surface area contributed by atoms with E-state index in [-0.39, 0.29) is 31.4 Å². The summed E-state index contributed by atoms with van der Waals surface area (Å²) < 4.78 is 37.2. The molecule has 0 aliphatic carbocycles. The van der Waals surface area contributed by atoms with Crippen LogP contribution in [0.4, 0.5) is 5.69 Å². The van der Waals surface area contributed by atoms with Crippen LogP contribution in [0, 0.1) is 0 Å². The van der Waals surface area contributed by atoms with E-state index in [9.17, 15) is 18.0 Å². The Morgan fingerprint density at radius 1 is 1.08 bits per heavy atom. The molecular weight excluding hydrogens is 541 g/mol. The van der Waals surface area contributed by atoms with Crippen LogP contribution >= 0.6 is 23.2 Å². The Kier molecular flexibility index (Phi) is 8.87. The Hall–Kier alpha value is -2.69. The summed E-state index contributed by atoms with van der Waals surface area (Å²) >= 11 is 12.8. The molecule has 1 N–H and O–H groups in total. The Morgan fingerprint density at radius 3 is 2.27 bits per heavy atom. The molecular formula is C25H31Cl2N3O6S. The van der Waals surface area contributed by atoms with E-state index in [1.54, 1.807) is 31.2 Å². The standard InChI is InChI=1S/C25H31Cl2N3O6S/c1-6-20(24(32)28-25(2,3)4)29(13-17-18(26)8-7-9-19(17)27)23(31)14-30(37(5,33)34)16-10-11-21-22(12-16)36-15-35-21/h7-12,20H,6,13-15H2,1-5H3,(H,28,32)/t20-/m1/s1. The average Bonchev–Trinajstić information content (AvgIpc) is 3.25. The maximum Gasteiger partial charge on any atom is 0.244 e. The molecule has 202 valence electrons. The van der Waals surface area contributed by atoms with E-state index in [1.807, 2.05) is 20.8 Å². The van der Waals surface area contributed by atoms with Crippen LogP contribution in [0.5, 0.6) is 11.5 Å². The first-order valence-electron chi connectivity index (χ1n) is 11.6. The molecule has 0 saturated heterocycles. The Morgan fingerprint density at radius 2 is 1.70 bits per heavy atom. The van der Waals surface area contributed by atoms with Crippen LogP contribution in [-0.2, 0) is 26.2 Å². The summed E-state index contributed by atoms with van der Waals surface area (Å²) in [6, 6.07) is 8.64. The van der Waals surface area contributed by atoms with E-state index in [2.05, 4.69) is 5.32 Å². The maximum atomic E-state index is 13.8. The number of ether oxygens (including phenoxy) is 2. The van der Waals surface area contributed by atoms with Crippen LogP contribution in [-0.4, -0.2) is 56.3 Å². The van der Waals surface area contributed by atoms with Gasteiger partial charge in [0.15, 0.2) is 11.5 Å². The Bertz CT molecular complexity index is 1260. The molecule has 0 fully saturated rings. The summed E-state index contributed by atoms with van der Waals surface area (Å²) in [5.74, 6) is -0.131. The van der Waals surface area contributed by atoms with E-state index in [4.69, 9.17) is 32.7 Å². The zero-order valence-corrected chi connectivity index (χ0v) is 23.7. The highest BCUT2D eigenvalue weighted by molar-refractivity contribution is 7.92. The molecule has 0 bridgehead atoms. The number of amides is 2. The highest BCUT2D eigenvalue weighted by Crippen LogP contribution is 2.36. The van der Waals surface area contributed by atoms with Gasteiger partial charge < -0.3 is 19.7 Å². The number of rotatable bonds is 9. The Balaban J connectivity index is 2.01. The van der Waals surface area contributed by atoms with Crippen LogP contribution < -0.4 is 19.1 Å². The van der Waals surface area contributed by atoms with E-state index in [0.29, 0.717) is 27.1 Å². The van der Waals surface area contributed by atoms with Gasteiger partial charge in [-0.1, -0.05) is 36.2 Å². The number of hydrogen-bond acceptors (Lipinski definition) is 6. The summed E-state index contributed by atoms with van der Waals surface area (Å²) in [5.41, 5.74) is 0.130. The van der Waals surface area contributed by atoms with E-state index in [0.717, 1.165) is 10.6 Å². The minimum absolute atomic E-state index is 0.0179. The van der Waals surface area contributed by atoms with Crippen LogP contribution in [0.3, 0.4) is 0 Å². The molecule has 0 radical (unpaired) electrons. The molecule has 1 atom stereocenters. The minimum atomic E-state index is -3.90. The maximum absolute atomic E-state index is 13.8. The van der Waals surface area contributed by atoms with Gasteiger partial charge in [-0.2, -0.15) is 0 Å². The number of nitrogens with one attached hydrogen (secondary N) is 1. The van der Waals surface area contributed by atoms with Crippen molar-refractivity contribution in [1.29, 1.82) is 0 Å². The van der Waals surface area contributed by atoms with Crippen LogP contribution in [0.15, 0.2) is 36.4 Å². The predicted octanol–water partition coefficient (Wildman–Crippen LogP) is 4.21. The third kappa shape index (κ3) is 7.21. The van der Waals surface area contributed by atoms with Crippen molar-refractivity contribution in [3.8, 4) is 11.5 Å². The van der Waals surface area contributed by atoms with Crippen LogP contribution in [0.25, 0.3) is 0 Å². The lowest BCUT2D eigenvalue weighted by molar-refractivity contribution is -0.141. The van der Waals surface area contributed by atoms with Gasteiger partial charge in [0.1, 0.15) is 12.6 Å². The Labute approximate surface area is 227 Å². The van der Waals surface area contributed by atoms with Crippen molar-refractivity contribution >= 4 is 50.7 Å². The molecule has 2 aromatic rings. The molecule has 9 nitrogen and oxygen atoms in total. The van der Waals surface area contributed by atoms with Gasteiger partial charge in [0.25, 0.3) is 0 Å². The molecule has 37 heavy (non-hydrogen) atoms. The lowest BCUT2D eigenvalue weighted by Crippen LogP contribution is -2.55. The van der Waals surface area contributed by atoms with Crippen molar-refractivity contribution in [3.63, 3.8) is 0 Å². The third-order valence-electron chi connectivity index (χ3n) is 5.60. The largest absolute Gasteiger partial charge is 0.454 e. The van der Waals surface area contributed by atoms with Gasteiger partial charge in [0, 0.05) is 33.8 Å². The van der Waals surface area contributed by atoms with Crippen LogP contribution in [0.2, 0.25) is 10.0 Å². The molecule has 3 rings (SSSR count). The number of nitrogens with zero attached hydrogens (tertiary/aromatic N) is 2. The van der Waals surface area contributed by atoms with Gasteiger partial charge in [0.05, 0.1) is 11.9 Å². The summed E-state index contributed by atoms with van der Waals surface area (Å²) in [6.07, 6.45) is 1.28. The number of halogens is 2. The molecule has 0 aromatic heterocycles.